The molecule has 0 spiro atoms. The van der Waals surface area contributed by atoms with Crippen molar-refractivity contribution < 1.29 is 9.59 Å². The van der Waals surface area contributed by atoms with Gasteiger partial charge in [0.2, 0.25) is 11.6 Å². The van der Waals surface area contributed by atoms with Crippen LogP contribution in [0.15, 0.2) is 36.4 Å². The molecule has 0 atom stereocenters. The highest BCUT2D eigenvalue weighted by atomic mass is 16.1. The number of benzene rings is 2. The van der Waals surface area contributed by atoms with Crippen molar-refractivity contribution in [1.29, 1.82) is 21.0 Å². The minimum Gasteiger partial charge on any atom is -0.287 e. The molecule has 2 aromatic heterocycles. The minimum atomic E-state index is -0.251. The molecule has 2 aliphatic rings. The van der Waals surface area contributed by atoms with Crippen LogP contribution in [0.25, 0.3) is 22.5 Å². The van der Waals surface area contributed by atoms with E-state index in [1.54, 1.807) is 24.3 Å². The predicted octanol–water partition coefficient (Wildman–Crippen LogP) is 3.48. The van der Waals surface area contributed by atoms with Gasteiger partial charge in [0.15, 0.2) is 22.8 Å². The number of carbonyl (C=O) groups excluding carboxylic acids is 2. The topological polar surface area (TPSA) is 181 Å². The molecule has 0 N–H and O–H groups in total. The van der Waals surface area contributed by atoms with Gasteiger partial charge < -0.3 is 0 Å². The lowest BCUT2D eigenvalue weighted by Gasteiger charge is -2.00. The lowest BCUT2D eigenvalue weighted by molar-refractivity contribution is 0.103. The molecule has 0 fully saturated rings. The van der Waals surface area contributed by atoms with Crippen molar-refractivity contribution in [3.63, 3.8) is 0 Å². The maximum atomic E-state index is 12.3. The largest absolute Gasteiger partial charge is 0.287 e. The first kappa shape index (κ1) is 23.6. The van der Waals surface area contributed by atoms with Gasteiger partial charge in [-0.15, -0.1) is 0 Å². The summed E-state index contributed by atoms with van der Waals surface area (Å²) in [5, 5.41) is 35.8. The second kappa shape index (κ2) is 8.84. The Labute approximate surface area is 215 Å². The van der Waals surface area contributed by atoms with Gasteiger partial charge in [0.05, 0.1) is 0 Å². The molecule has 38 heavy (non-hydrogen) atoms. The zero-order valence-corrected chi connectivity index (χ0v) is 19.9. The average molecular weight is 492 g/mol. The van der Waals surface area contributed by atoms with Gasteiger partial charge in [-0.25, -0.2) is 19.9 Å². The Balaban J connectivity index is 0.000000155. The van der Waals surface area contributed by atoms with Gasteiger partial charge in [-0.3, -0.25) is 9.59 Å². The molecule has 0 saturated carbocycles. The second-order valence-corrected chi connectivity index (χ2v) is 8.39. The molecule has 4 aromatic rings. The van der Waals surface area contributed by atoms with Crippen molar-refractivity contribution in [1.82, 2.24) is 19.9 Å². The predicted molar refractivity (Wildman–Crippen MR) is 130 cm³/mol. The van der Waals surface area contributed by atoms with Gasteiger partial charge in [-0.1, -0.05) is 35.9 Å². The highest BCUT2D eigenvalue weighted by Gasteiger charge is 2.33. The molecule has 0 amide bonds. The van der Waals surface area contributed by atoms with Crippen LogP contribution in [0, 0.1) is 59.2 Å². The number of hydrogen-bond donors (Lipinski definition) is 0. The van der Waals surface area contributed by atoms with Crippen LogP contribution in [-0.2, 0) is 0 Å². The van der Waals surface area contributed by atoms with Gasteiger partial charge in [-0.05, 0) is 25.5 Å². The van der Waals surface area contributed by atoms with E-state index in [2.05, 4.69) is 19.9 Å². The molecule has 0 radical (unpaired) electrons. The van der Waals surface area contributed by atoms with Crippen LogP contribution >= 0.6 is 0 Å². The first-order valence-corrected chi connectivity index (χ1v) is 11.1. The summed E-state index contributed by atoms with van der Waals surface area (Å²) in [6.07, 6.45) is 0. The van der Waals surface area contributed by atoms with E-state index in [1.165, 1.54) is 0 Å². The zero-order chi connectivity index (χ0) is 27.1. The smallest absolute Gasteiger partial charge is 0.214 e. The fraction of sp³-hybridized carbons (Fsp3) is 0.0714. The second-order valence-electron chi connectivity index (χ2n) is 8.39. The molecule has 0 bridgehead atoms. The third kappa shape index (κ3) is 3.46. The highest BCUT2D eigenvalue weighted by Crippen LogP contribution is 2.36. The monoisotopic (exact) mass is 492 g/mol. The van der Waals surface area contributed by atoms with Crippen molar-refractivity contribution in [3.05, 3.63) is 92.8 Å². The van der Waals surface area contributed by atoms with Gasteiger partial charge >= 0.3 is 0 Å². The van der Waals surface area contributed by atoms with Crippen LogP contribution in [0.2, 0.25) is 0 Å². The summed E-state index contributed by atoms with van der Waals surface area (Å²) >= 11 is 0. The van der Waals surface area contributed by atoms with Crippen LogP contribution in [-0.4, -0.2) is 31.5 Å². The zero-order valence-electron chi connectivity index (χ0n) is 19.9. The number of carbonyl (C=O) groups is 2. The number of hydrogen-bond acceptors (Lipinski definition) is 10. The number of fused-ring (bicyclic) bond motifs is 6. The third-order valence-electron chi connectivity index (χ3n) is 6.08. The van der Waals surface area contributed by atoms with Gasteiger partial charge in [0.1, 0.15) is 47.1 Å². The summed E-state index contributed by atoms with van der Waals surface area (Å²) in [5.74, 6) is -0.491. The Morgan fingerprint density at radius 2 is 1.08 bits per heavy atom. The Morgan fingerprint density at radius 1 is 0.579 bits per heavy atom. The quantitative estimate of drug-likeness (QED) is 0.304. The molecule has 0 saturated heterocycles. The maximum absolute atomic E-state index is 12.3. The lowest BCUT2D eigenvalue weighted by Crippen LogP contribution is -2.04. The van der Waals surface area contributed by atoms with Gasteiger partial charge in [0.25, 0.3) is 0 Å². The standard InChI is InChI=1S/2C14H6N4O/c1-7-2-3-8-9(4-7)12-13(14(8)19)18-11(6-16)10(5-15)17-12;1-7-3-2-4-8-11(7)14(19)13-12(8)17-9(5-15)10(6-16)18-13/h2*2-4H,1H3. The van der Waals surface area contributed by atoms with Crippen molar-refractivity contribution in [2.45, 2.75) is 13.8 Å². The Bertz CT molecular complexity index is 1910. The Hall–Kier alpha value is -6.10. The van der Waals surface area contributed by atoms with E-state index in [0.717, 1.165) is 11.1 Å². The van der Waals surface area contributed by atoms with Crippen molar-refractivity contribution in [2.75, 3.05) is 0 Å². The summed E-state index contributed by atoms with van der Waals surface area (Å²) in [4.78, 5) is 40.6. The molecule has 10 nitrogen and oxygen atoms in total. The van der Waals surface area contributed by atoms with Crippen molar-refractivity contribution in [2.24, 2.45) is 0 Å². The van der Waals surface area contributed by atoms with E-state index < -0.39 is 0 Å². The highest BCUT2D eigenvalue weighted by molar-refractivity contribution is 6.21. The minimum absolute atomic E-state index is 0.0524. The fourth-order valence-corrected chi connectivity index (χ4v) is 4.34. The number of aromatic nitrogens is 4. The van der Waals surface area contributed by atoms with E-state index in [-0.39, 0.29) is 45.7 Å². The number of nitrogens with zero attached hydrogens (tertiary/aromatic N) is 8. The maximum Gasteiger partial charge on any atom is 0.214 e. The number of rotatable bonds is 0. The summed E-state index contributed by atoms with van der Waals surface area (Å²) < 4.78 is 0. The molecule has 2 heterocycles. The van der Waals surface area contributed by atoms with Crippen molar-refractivity contribution in [3.8, 4) is 46.8 Å². The summed E-state index contributed by atoms with van der Waals surface area (Å²) in [6, 6.07) is 18.0. The Morgan fingerprint density at radius 3 is 1.63 bits per heavy atom. The van der Waals surface area contributed by atoms with E-state index in [4.69, 9.17) is 21.0 Å². The van der Waals surface area contributed by atoms with Crippen LogP contribution in [0.3, 0.4) is 0 Å². The first-order valence-electron chi connectivity index (χ1n) is 11.1. The number of aryl methyl sites for hydroxylation is 2. The van der Waals surface area contributed by atoms with E-state index in [1.807, 2.05) is 50.3 Å². The normalized spacial score (nSPS) is 11.4. The van der Waals surface area contributed by atoms with E-state index >= 15 is 0 Å². The molecule has 2 aliphatic carbocycles. The molecule has 6 rings (SSSR count). The molecule has 10 heteroatoms. The van der Waals surface area contributed by atoms with Crippen LogP contribution in [0.5, 0.6) is 0 Å². The molecular formula is C28H12N8O2. The number of ketones is 2. The summed E-state index contributed by atoms with van der Waals surface area (Å²) in [6.45, 7) is 3.74. The molecule has 0 aliphatic heterocycles. The molecular weight excluding hydrogens is 480 g/mol. The molecule has 176 valence electrons. The van der Waals surface area contributed by atoms with E-state index in [0.29, 0.717) is 33.6 Å². The lowest BCUT2D eigenvalue weighted by atomic mass is 10.0. The van der Waals surface area contributed by atoms with Crippen LogP contribution < -0.4 is 0 Å². The summed E-state index contributed by atoms with van der Waals surface area (Å²) in [7, 11) is 0. The molecule has 0 unspecified atom stereocenters. The first-order chi connectivity index (χ1) is 18.3. The SMILES string of the molecule is Cc1ccc2c(c1)-c1nc(C#N)c(C#N)nc1C2=O.Cc1cccc2c1C(=O)c1nc(C#N)c(C#N)nc1-2. The average Bonchev–Trinajstić information content (AvgIpc) is 3.37. The molecule has 2 aromatic carbocycles. The fourth-order valence-electron chi connectivity index (χ4n) is 4.34. The Kier molecular flexibility index (Phi) is 5.50. The van der Waals surface area contributed by atoms with E-state index in [9.17, 15) is 9.59 Å². The van der Waals surface area contributed by atoms with Crippen LogP contribution in [0.1, 0.15) is 66.0 Å². The van der Waals surface area contributed by atoms with Gasteiger partial charge in [-0.2, -0.15) is 21.0 Å². The third-order valence-corrected chi connectivity index (χ3v) is 6.08. The number of nitriles is 4. The summed E-state index contributed by atoms with van der Waals surface area (Å²) in [5.41, 5.74) is 4.99. The van der Waals surface area contributed by atoms with Crippen molar-refractivity contribution >= 4 is 11.6 Å². The van der Waals surface area contributed by atoms with Gasteiger partial charge in [0, 0.05) is 22.3 Å². The van der Waals surface area contributed by atoms with Crippen LogP contribution in [0.4, 0.5) is 0 Å².